The number of benzene rings is 2. The van der Waals surface area contributed by atoms with Crippen molar-refractivity contribution in [2.24, 2.45) is 0 Å². The number of aryl methyl sites for hydroxylation is 1. The average Bonchev–Trinajstić information content (AvgIpc) is 2.91. The van der Waals surface area contributed by atoms with Crippen molar-refractivity contribution in [3.05, 3.63) is 59.9 Å². The van der Waals surface area contributed by atoms with E-state index in [0.29, 0.717) is 42.8 Å². The quantitative estimate of drug-likeness (QED) is 0.202. The van der Waals surface area contributed by atoms with Crippen LogP contribution in [-0.4, -0.2) is 41.6 Å². The van der Waals surface area contributed by atoms with Crippen molar-refractivity contribution in [3.8, 4) is 17.4 Å². The lowest BCUT2D eigenvalue weighted by Crippen LogP contribution is -2.23. The Bertz CT molecular complexity index is 1350. The lowest BCUT2D eigenvalue weighted by molar-refractivity contribution is -0.139. The van der Waals surface area contributed by atoms with E-state index in [1.54, 1.807) is 25.2 Å². The van der Waals surface area contributed by atoms with Crippen molar-refractivity contribution in [3.63, 3.8) is 0 Å². The van der Waals surface area contributed by atoms with Gasteiger partial charge in [-0.3, -0.25) is 4.79 Å². The van der Waals surface area contributed by atoms with E-state index in [4.69, 9.17) is 9.47 Å². The lowest BCUT2D eigenvalue weighted by atomic mass is 10.1. The number of hydrogen-bond acceptors (Lipinski definition) is 7. The maximum atomic E-state index is 13.8. The monoisotopic (exact) mass is 574 g/mol. The summed E-state index contributed by atoms with van der Waals surface area (Å²) in [6.45, 7) is 5.67. The zero-order valence-corrected chi connectivity index (χ0v) is 23.2. The Morgan fingerprint density at radius 3 is 2.44 bits per heavy atom. The Labute approximate surface area is 236 Å². The zero-order valence-electron chi connectivity index (χ0n) is 23.2. The normalized spacial score (nSPS) is 11.9. The second-order valence-electron chi connectivity index (χ2n) is 9.03. The Balaban J connectivity index is 1.72. The van der Waals surface area contributed by atoms with Gasteiger partial charge in [0, 0.05) is 24.4 Å². The first kappa shape index (κ1) is 31.1. The lowest BCUT2D eigenvalue weighted by Gasteiger charge is -2.21. The molecule has 2 aromatic carbocycles. The number of alkyl halides is 3. The van der Waals surface area contributed by atoms with Crippen LogP contribution in [0.5, 0.6) is 17.4 Å². The molecule has 220 valence electrons. The molecule has 4 N–H and O–H groups in total. The number of carbonyl (C=O) groups excluding carboxylic acids is 2. The number of halogens is 3. The van der Waals surface area contributed by atoms with Gasteiger partial charge in [-0.15, -0.1) is 0 Å². The first-order valence-electron chi connectivity index (χ1n) is 13.0. The van der Waals surface area contributed by atoms with Crippen LogP contribution in [0, 0.1) is 0 Å². The van der Waals surface area contributed by atoms with Crippen molar-refractivity contribution in [2.75, 3.05) is 29.5 Å². The summed E-state index contributed by atoms with van der Waals surface area (Å²) in [5.41, 5.74) is 0.147. The number of urea groups is 1. The van der Waals surface area contributed by atoms with Gasteiger partial charge in [0.2, 0.25) is 11.8 Å². The van der Waals surface area contributed by atoms with Crippen molar-refractivity contribution < 1.29 is 32.2 Å². The predicted molar refractivity (Wildman–Crippen MR) is 150 cm³/mol. The fourth-order valence-electron chi connectivity index (χ4n) is 3.86. The highest BCUT2D eigenvalue weighted by atomic mass is 19.4. The second kappa shape index (κ2) is 14.3. The molecule has 3 rings (SSSR count). The number of aromatic nitrogens is 2. The predicted octanol–water partition coefficient (Wildman–Crippen LogP) is 6.22. The van der Waals surface area contributed by atoms with Gasteiger partial charge in [-0.25, -0.2) is 14.8 Å². The largest absolute Gasteiger partial charge is 0.490 e. The van der Waals surface area contributed by atoms with Crippen LogP contribution in [0.3, 0.4) is 0 Å². The number of nitrogens with one attached hydrogen (secondary N) is 4. The SMILES string of the molecule is CCc1cc(Oc2cc(NC(C)=O)ncn2)ccc1NC(=O)Nc1ccc(OC(CC)CCNC)c(C(F)(F)F)c1. The molecular weight excluding hydrogens is 541 g/mol. The number of rotatable bonds is 12. The minimum atomic E-state index is -4.68. The molecule has 1 atom stereocenters. The molecule has 0 aliphatic heterocycles. The van der Waals surface area contributed by atoms with Crippen molar-refractivity contribution >= 4 is 29.1 Å². The molecule has 0 aliphatic carbocycles. The molecule has 0 spiro atoms. The maximum absolute atomic E-state index is 13.8. The number of ether oxygens (including phenoxy) is 2. The van der Waals surface area contributed by atoms with E-state index in [2.05, 4.69) is 31.2 Å². The molecule has 3 aromatic rings. The maximum Gasteiger partial charge on any atom is 0.420 e. The van der Waals surface area contributed by atoms with Crippen LogP contribution < -0.4 is 30.7 Å². The van der Waals surface area contributed by atoms with Gasteiger partial charge < -0.3 is 30.7 Å². The van der Waals surface area contributed by atoms with E-state index < -0.39 is 23.9 Å². The topological polar surface area (TPSA) is 127 Å². The van der Waals surface area contributed by atoms with Crippen molar-refractivity contribution in [2.45, 2.75) is 52.3 Å². The molecule has 1 unspecified atom stereocenters. The molecule has 10 nitrogen and oxygen atoms in total. The summed E-state index contributed by atoms with van der Waals surface area (Å²) >= 11 is 0. The fourth-order valence-corrected chi connectivity index (χ4v) is 3.86. The van der Waals surface area contributed by atoms with Crippen LogP contribution in [0.2, 0.25) is 0 Å². The second-order valence-corrected chi connectivity index (χ2v) is 9.03. The molecule has 0 saturated carbocycles. The molecule has 13 heteroatoms. The van der Waals surface area contributed by atoms with E-state index in [9.17, 15) is 22.8 Å². The van der Waals surface area contributed by atoms with Gasteiger partial charge in [0.05, 0.1) is 11.7 Å². The van der Waals surface area contributed by atoms with Gasteiger partial charge in [-0.05, 0) is 74.8 Å². The molecule has 0 fully saturated rings. The summed E-state index contributed by atoms with van der Waals surface area (Å²) in [5.74, 6) is 0.319. The highest BCUT2D eigenvalue weighted by Gasteiger charge is 2.35. The number of carbonyl (C=O) groups is 2. The summed E-state index contributed by atoms with van der Waals surface area (Å²) in [4.78, 5) is 31.9. The van der Waals surface area contributed by atoms with Gasteiger partial charge in [0.25, 0.3) is 0 Å². The van der Waals surface area contributed by atoms with E-state index in [1.165, 1.54) is 31.5 Å². The summed E-state index contributed by atoms with van der Waals surface area (Å²) in [7, 11) is 1.76. The van der Waals surface area contributed by atoms with Crippen LogP contribution >= 0.6 is 0 Å². The van der Waals surface area contributed by atoms with Gasteiger partial charge in [-0.2, -0.15) is 13.2 Å². The highest BCUT2D eigenvalue weighted by molar-refractivity contribution is 6.00. The van der Waals surface area contributed by atoms with Gasteiger partial charge in [0.1, 0.15) is 23.6 Å². The minimum Gasteiger partial charge on any atom is -0.490 e. The molecule has 1 heterocycles. The molecule has 1 aromatic heterocycles. The Morgan fingerprint density at radius 1 is 1.00 bits per heavy atom. The van der Waals surface area contributed by atoms with Crippen LogP contribution in [0.15, 0.2) is 48.8 Å². The number of amides is 3. The minimum absolute atomic E-state index is 0.0396. The highest BCUT2D eigenvalue weighted by Crippen LogP contribution is 2.39. The molecule has 0 bridgehead atoms. The van der Waals surface area contributed by atoms with Crippen LogP contribution in [0.25, 0.3) is 0 Å². The van der Waals surface area contributed by atoms with E-state index in [0.717, 1.165) is 6.07 Å². The van der Waals surface area contributed by atoms with Crippen LogP contribution in [0.1, 0.15) is 44.7 Å². The van der Waals surface area contributed by atoms with E-state index >= 15 is 0 Å². The number of hydrogen-bond donors (Lipinski definition) is 4. The van der Waals surface area contributed by atoms with Crippen LogP contribution in [-0.2, 0) is 17.4 Å². The zero-order chi connectivity index (χ0) is 30.0. The summed E-state index contributed by atoms with van der Waals surface area (Å²) in [6, 6.07) is 9.09. The third-order valence-electron chi connectivity index (χ3n) is 5.88. The Kier molecular flexibility index (Phi) is 10.9. The summed E-state index contributed by atoms with van der Waals surface area (Å²) < 4.78 is 52.9. The number of anilines is 3. The van der Waals surface area contributed by atoms with Crippen LogP contribution in [0.4, 0.5) is 35.2 Å². The molecular formula is C28H33F3N6O4. The molecule has 41 heavy (non-hydrogen) atoms. The van der Waals surface area contributed by atoms with E-state index in [1.807, 2.05) is 13.8 Å². The summed E-state index contributed by atoms with van der Waals surface area (Å²) in [6.07, 6.45) is -2.21. The van der Waals surface area contributed by atoms with Crippen molar-refractivity contribution in [1.82, 2.24) is 15.3 Å². The first-order valence-corrected chi connectivity index (χ1v) is 13.0. The van der Waals surface area contributed by atoms with Gasteiger partial charge in [0.15, 0.2) is 0 Å². The van der Waals surface area contributed by atoms with Crippen molar-refractivity contribution in [1.29, 1.82) is 0 Å². The van der Waals surface area contributed by atoms with Gasteiger partial charge >= 0.3 is 12.2 Å². The number of nitrogens with zero attached hydrogens (tertiary/aromatic N) is 2. The average molecular weight is 575 g/mol. The summed E-state index contributed by atoms with van der Waals surface area (Å²) in [5, 5.41) is 10.6. The molecule has 0 aliphatic rings. The molecule has 0 radical (unpaired) electrons. The first-order chi connectivity index (χ1) is 19.5. The standard InChI is InChI=1S/C28H33F3N6O4/c1-5-18-13-21(41-26-15-25(33-16-34-26)35-17(3)38)8-9-23(18)37-27(39)36-19-7-10-24(22(14-19)28(29,30)31)40-20(6-2)11-12-32-4/h7-10,13-16,20,32H,5-6,11-12H2,1-4H3,(H2,36,37,39)(H,33,34,35,38). The smallest absolute Gasteiger partial charge is 0.420 e. The third-order valence-corrected chi connectivity index (χ3v) is 5.88. The van der Waals surface area contributed by atoms with Gasteiger partial charge in [-0.1, -0.05) is 13.8 Å². The van der Waals surface area contributed by atoms with E-state index in [-0.39, 0.29) is 29.0 Å². The third kappa shape index (κ3) is 9.34. The Morgan fingerprint density at radius 2 is 1.78 bits per heavy atom. The molecule has 3 amide bonds. The fraction of sp³-hybridized carbons (Fsp3) is 0.357. The Hall–Kier alpha value is -4.39. The molecule has 0 saturated heterocycles.